The standard InChI is InChI=1S/C6H6N2O3/c9-6(10)4-3-7-2-1-5(4)8-11/h1-3,11H,(H,7,8)(H,9,10). The molecule has 0 spiro atoms. The molecule has 0 amide bonds. The molecule has 0 radical (unpaired) electrons. The number of carbonyl (C=O) groups is 1. The molecule has 0 aliphatic heterocycles. The van der Waals surface area contributed by atoms with Crippen molar-refractivity contribution in [3.8, 4) is 0 Å². The number of rotatable bonds is 2. The lowest BCUT2D eigenvalue weighted by molar-refractivity contribution is 0.0696. The van der Waals surface area contributed by atoms with E-state index in [9.17, 15) is 4.79 Å². The molecule has 0 saturated carbocycles. The number of aromatic nitrogens is 1. The molecule has 0 aromatic carbocycles. The van der Waals surface area contributed by atoms with Gasteiger partial charge in [-0.3, -0.25) is 15.7 Å². The minimum absolute atomic E-state index is 0.0602. The topological polar surface area (TPSA) is 82.5 Å². The number of aromatic carboxylic acids is 1. The largest absolute Gasteiger partial charge is 0.478 e. The van der Waals surface area contributed by atoms with Crippen molar-refractivity contribution in [2.45, 2.75) is 0 Å². The van der Waals surface area contributed by atoms with E-state index in [1.807, 2.05) is 0 Å². The third-order valence-electron chi connectivity index (χ3n) is 1.17. The van der Waals surface area contributed by atoms with Crippen LogP contribution < -0.4 is 5.48 Å². The summed E-state index contributed by atoms with van der Waals surface area (Å²) in [5.41, 5.74) is 1.83. The summed E-state index contributed by atoms with van der Waals surface area (Å²) in [6.45, 7) is 0. The molecule has 58 valence electrons. The van der Waals surface area contributed by atoms with Crippen LogP contribution in [0.2, 0.25) is 0 Å². The van der Waals surface area contributed by atoms with Crippen LogP contribution in [0.15, 0.2) is 18.5 Å². The van der Waals surface area contributed by atoms with Crippen molar-refractivity contribution in [3.05, 3.63) is 24.0 Å². The number of nitrogens with zero attached hydrogens (tertiary/aromatic N) is 1. The van der Waals surface area contributed by atoms with Crippen molar-refractivity contribution < 1.29 is 15.1 Å². The van der Waals surface area contributed by atoms with Gasteiger partial charge in [0.05, 0.1) is 5.69 Å². The Morgan fingerprint density at radius 2 is 2.36 bits per heavy atom. The van der Waals surface area contributed by atoms with Crippen LogP contribution in [-0.2, 0) is 0 Å². The van der Waals surface area contributed by atoms with Gasteiger partial charge in [-0.25, -0.2) is 4.79 Å². The van der Waals surface area contributed by atoms with Gasteiger partial charge in [-0.05, 0) is 6.07 Å². The van der Waals surface area contributed by atoms with Crippen LogP contribution in [0, 0.1) is 0 Å². The third-order valence-corrected chi connectivity index (χ3v) is 1.17. The van der Waals surface area contributed by atoms with E-state index in [1.54, 1.807) is 5.48 Å². The van der Waals surface area contributed by atoms with Gasteiger partial charge in [0.25, 0.3) is 0 Å². The minimum Gasteiger partial charge on any atom is -0.478 e. The van der Waals surface area contributed by atoms with Crippen molar-refractivity contribution in [2.75, 3.05) is 5.48 Å². The molecule has 3 N–H and O–H groups in total. The summed E-state index contributed by atoms with van der Waals surface area (Å²) >= 11 is 0. The second kappa shape index (κ2) is 2.98. The van der Waals surface area contributed by atoms with E-state index in [2.05, 4.69) is 4.98 Å². The highest BCUT2D eigenvalue weighted by atomic mass is 16.5. The maximum Gasteiger partial charge on any atom is 0.339 e. The first-order chi connectivity index (χ1) is 5.25. The molecule has 1 aromatic heterocycles. The molecule has 0 fully saturated rings. The van der Waals surface area contributed by atoms with E-state index in [0.717, 1.165) is 6.20 Å². The Hall–Kier alpha value is -1.62. The van der Waals surface area contributed by atoms with Crippen LogP contribution in [0.3, 0.4) is 0 Å². The van der Waals surface area contributed by atoms with Crippen LogP contribution in [-0.4, -0.2) is 21.3 Å². The van der Waals surface area contributed by atoms with Crippen molar-refractivity contribution in [3.63, 3.8) is 0 Å². The molecule has 0 saturated heterocycles. The lowest BCUT2D eigenvalue weighted by Crippen LogP contribution is -2.02. The highest BCUT2D eigenvalue weighted by Crippen LogP contribution is 2.11. The summed E-state index contributed by atoms with van der Waals surface area (Å²) in [5.74, 6) is -1.13. The van der Waals surface area contributed by atoms with E-state index in [0.29, 0.717) is 0 Å². The maximum absolute atomic E-state index is 10.4. The monoisotopic (exact) mass is 154 g/mol. The van der Waals surface area contributed by atoms with E-state index >= 15 is 0 Å². The molecule has 1 heterocycles. The summed E-state index contributed by atoms with van der Waals surface area (Å²) < 4.78 is 0. The molecule has 0 aliphatic rings. The van der Waals surface area contributed by atoms with E-state index < -0.39 is 5.97 Å². The van der Waals surface area contributed by atoms with Gasteiger partial charge in [0.15, 0.2) is 0 Å². The molecular weight excluding hydrogens is 148 g/mol. The SMILES string of the molecule is O=C(O)c1cnccc1NO. The first-order valence-electron chi connectivity index (χ1n) is 2.83. The van der Waals surface area contributed by atoms with Crippen LogP contribution in [0.25, 0.3) is 0 Å². The fourth-order valence-corrected chi connectivity index (χ4v) is 0.662. The first kappa shape index (κ1) is 7.49. The summed E-state index contributed by atoms with van der Waals surface area (Å²) in [7, 11) is 0. The van der Waals surface area contributed by atoms with Crippen LogP contribution in [0.5, 0.6) is 0 Å². The zero-order valence-electron chi connectivity index (χ0n) is 5.48. The van der Waals surface area contributed by atoms with E-state index in [-0.39, 0.29) is 11.3 Å². The number of carboxylic acid groups (broad SMARTS) is 1. The zero-order valence-corrected chi connectivity index (χ0v) is 5.48. The van der Waals surface area contributed by atoms with Crippen molar-refractivity contribution >= 4 is 11.7 Å². The van der Waals surface area contributed by atoms with Gasteiger partial charge in [0.2, 0.25) is 0 Å². The quantitative estimate of drug-likeness (QED) is 0.543. The van der Waals surface area contributed by atoms with Crippen LogP contribution in [0.4, 0.5) is 5.69 Å². The number of anilines is 1. The second-order valence-electron chi connectivity index (χ2n) is 1.84. The predicted octanol–water partition coefficient (Wildman–Crippen LogP) is 0.581. The summed E-state index contributed by atoms with van der Waals surface area (Å²) in [5, 5.41) is 16.9. The molecule has 0 bridgehead atoms. The molecule has 0 unspecified atom stereocenters. The summed E-state index contributed by atoms with van der Waals surface area (Å²) in [6.07, 6.45) is 2.53. The number of hydrogen-bond acceptors (Lipinski definition) is 4. The molecule has 11 heavy (non-hydrogen) atoms. The average Bonchev–Trinajstić information content (AvgIpc) is 2.04. The minimum atomic E-state index is -1.13. The molecule has 5 nitrogen and oxygen atoms in total. The first-order valence-corrected chi connectivity index (χ1v) is 2.83. The Bertz CT molecular complexity index is 274. The summed E-state index contributed by atoms with van der Waals surface area (Å²) in [4.78, 5) is 14.0. The molecule has 0 aliphatic carbocycles. The van der Waals surface area contributed by atoms with Gasteiger partial charge in [-0.15, -0.1) is 0 Å². The van der Waals surface area contributed by atoms with Gasteiger partial charge in [-0.2, -0.15) is 0 Å². The number of pyridine rings is 1. The molecule has 0 atom stereocenters. The fraction of sp³-hybridized carbons (Fsp3) is 0. The summed E-state index contributed by atoms with van der Waals surface area (Å²) in [6, 6.07) is 1.36. The van der Waals surface area contributed by atoms with Crippen LogP contribution in [0.1, 0.15) is 10.4 Å². The van der Waals surface area contributed by atoms with Gasteiger partial charge in [0, 0.05) is 12.4 Å². The Balaban J connectivity index is 3.12. The average molecular weight is 154 g/mol. The molecule has 1 aromatic rings. The lowest BCUT2D eigenvalue weighted by Gasteiger charge is -2.00. The number of hydrogen-bond donors (Lipinski definition) is 3. The Kier molecular flexibility index (Phi) is 2.03. The van der Waals surface area contributed by atoms with E-state index in [4.69, 9.17) is 10.3 Å². The predicted molar refractivity (Wildman–Crippen MR) is 36.6 cm³/mol. The number of nitrogens with one attached hydrogen (secondary N) is 1. The fourth-order valence-electron chi connectivity index (χ4n) is 0.662. The zero-order chi connectivity index (χ0) is 8.27. The highest BCUT2D eigenvalue weighted by Gasteiger charge is 2.07. The normalized spacial score (nSPS) is 9.18. The van der Waals surface area contributed by atoms with Crippen molar-refractivity contribution in [1.82, 2.24) is 4.98 Å². The van der Waals surface area contributed by atoms with Gasteiger partial charge in [0.1, 0.15) is 5.56 Å². The second-order valence-corrected chi connectivity index (χ2v) is 1.84. The van der Waals surface area contributed by atoms with Gasteiger partial charge in [-0.1, -0.05) is 0 Å². The Morgan fingerprint density at radius 3 is 2.82 bits per heavy atom. The van der Waals surface area contributed by atoms with Crippen LogP contribution >= 0.6 is 0 Å². The van der Waals surface area contributed by atoms with Crippen molar-refractivity contribution in [1.29, 1.82) is 0 Å². The maximum atomic E-state index is 10.4. The molecule has 1 rings (SSSR count). The number of carboxylic acids is 1. The van der Waals surface area contributed by atoms with E-state index in [1.165, 1.54) is 12.3 Å². The smallest absolute Gasteiger partial charge is 0.339 e. The van der Waals surface area contributed by atoms with Gasteiger partial charge < -0.3 is 5.11 Å². The van der Waals surface area contributed by atoms with Crippen molar-refractivity contribution in [2.24, 2.45) is 0 Å². The third kappa shape index (κ3) is 1.44. The highest BCUT2D eigenvalue weighted by molar-refractivity contribution is 5.93. The van der Waals surface area contributed by atoms with Gasteiger partial charge >= 0.3 is 5.97 Å². The Morgan fingerprint density at radius 1 is 1.64 bits per heavy atom. The molecule has 5 heteroatoms. The lowest BCUT2D eigenvalue weighted by atomic mass is 10.2. The molecular formula is C6H6N2O3. The Labute approximate surface area is 62.3 Å².